The number of benzene rings is 16. The van der Waals surface area contributed by atoms with Gasteiger partial charge in [-0.25, -0.2) is 0 Å². The van der Waals surface area contributed by atoms with Crippen LogP contribution in [0.1, 0.15) is 90.0 Å². The minimum absolute atomic E-state index is 0.00883. The average molecular weight is 1480 g/mol. The molecule has 17 aromatic rings. The highest BCUT2D eigenvalue weighted by molar-refractivity contribution is 7.20. The Labute approximate surface area is 678 Å². The van der Waals surface area contributed by atoms with Crippen molar-refractivity contribution in [1.29, 1.82) is 0 Å². The lowest BCUT2D eigenvalue weighted by Gasteiger charge is -2.47. The van der Waals surface area contributed by atoms with Gasteiger partial charge in [-0.3, -0.25) is 0 Å². The zero-order valence-electron chi connectivity index (χ0n) is 73.2. The molecule has 19 rings (SSSR count). The van der Waals surface area contributed by atoms with Gasteiger partial charge in [0.1, 0.15) is 0 Å². The van der Waals surface area contributed by atoms with Gasteiger partial charge in [-0.15, -0.1) is 0 Å². The Kier molecular flexibility index (Phi) is 15.3. The maximum atomic E-state index is 9.96. The fourth-order valence-electron chi connectivity index (χ4n) is 17.7. The molecular weight excluding hydrogens is 1380 g/mol. The van der Waals surface area contributed by atoms with Crippen LogP contribution < -0.4 is 46.9 Å². The molecule has 0 bridgehead atoms. The molecule has 0 spiro atoms. The maximum absolute atomic E-state index is 9.96. The van der Waals surface area contributed by atoms with Crippen molar-refractivity contribution in [2.24, 2.45) is 0 Å². The fourth-order valence-corrected chi connectivity index (χ4v) is 22.5. The summed E-state index contributed by atoms with van der Waals surface area (Å²) in [4.78, 5) is 5.10. The summed E-state index contributed by atoms with van der Waals surface area (Å²) in [5.41, 5.74) is 23.7. The van der Waals surface area contributed by atoms with Gasteiger partial charge in [0.05, 0.1) is 33.4 Å². The molecule has 544 valence electrons. The summed E-state index contributed by atoms with van der Waals surface area (Å²) in [6.07, 6.45) is 0. The van der Waals surface area contributed by atoms with Crippen LogP contribution in [-0.4, -0.2) is 19.4 Å². The van der Waals surface area contributed by atoms with Crippen molar-refractivity contribution in [3.8, 4) is 72.4 Å². The van der Waals surface area contributed by atoms with Crippen molar-refractivity contribution in [3.63, 3.8) is 0 Å². The van der Waals surface area contributed by atoms with Crippen LogP contribution in [0.4, 0.5) is 34.1 Å². The Morgan fingerprint density at radius 3 is 1.08 bits per heavy atom. The molecule has 0 amide bonds. The number of fused-ring (bicyclic) bond motifs is 7. The summed E-state index contributed by atoms with van der Waals surface area (Å²) in [5.74, 6) is 0. The van der Waals surface area contributed by atoms with Gasteiger partial charge in [-0.2, -0.15) is 0 Å². The molecule has 0 radical (unpaired) electrons. The number of anilines is 6. The van der Waals surface area contributed by atoms with E-state index in [0.717, 1.165) is 128 Å². The monoisotopic (exact) mass is 1480 g/mol. The SMILES string of the molecule is [2H]c1c([2H])c([2H])c2c(c1[2H])c1c([2H])c([2H])c([2H])c([2H])c1n2-c1ccc2c(c1)N(c1c(-c3ccccc3)cc(C(C)(C)C)cc1-c1ccccc1)c1cc(C(C)(C)C)cc3c1B2c1cc(-c2ccc([Si](c4ccccc4)(c4ccccc4)c4ccccc4)cc2)ccc1N3c1c(-c2ccccc2)cc(C(C)(C)C)cc1-c1cccc(-c2ccccc2)c1. The third-order valence-electron chi connectivity index (χ3n) is 23.4. The lowest BCUT2D eigenvalue weighted by Crippen LogP contribution is -2.74. The van der Waals surface area contributed by atoms with Gasteiger partial charge >= 0.3 is 0 Å². The van der Waals surface area contributed by atoms with E-state index in [4.69, 9.17) is 2.74 Å². The van der Waals surface area contributed by atoms with Crippen molar-refractivity contribution >= 4 is 108 Å². The molecule has 16 aromatic carbocycles. The molecule has 0 N–H and O–H groups in total. The van der Waals surface area contributed by atoms with E-state index in [1.165, 1.54) is 26.3 Å². The van der Waals surface area contributed by atoms with Crippen LogP contribution >= 0.6 is 0 Å². The van der Waals surface area contributed by atoms with E-state index < -0.39 is 56.5 Å². The molecule has 0 saturated heterocycles. The van der Waals surface area contributed by atoms with Crippen LogP contribution in [-0.2, 0) is 16.2 Å². The van der Waals surface area contributed by atoms with Crippen LogP contribution in [0.15, 0.2) is 382 Å². The Hall–Kier alpha value is -12.8. The summed E-state index contributed by atoms with van der Waals surface area (Å²) in [6.45, 7) is 20.1. The van der Waals surface area contributed by atoms with E-state index in [-0.39, 0.29) is 44.7 Å². The normalized spacial score (nSPS) is 13.8. The highest BCUT2D eigenvalue weighted by Gasteiger charge is 2.47. The van der Waals surface area contributed by atoms with E-state index in [0.29, 0.717) is 5.69 Å². The molecule has 1 aromatic heterocycles. The predicted molar refractivity (Wildman–Crippen MR) is 487 cm³/mol. The largest absolute Gasteiger partial charge is 0.310 e. The first-order valence-corrected chi connectivity index (χ1v) is 41.3. The van der Waals surface area contributed by atoms with Crippen molar-refractivity contribution in [1.82, 2.24) is 4.57 Å². The summed E-state index contributed by atoms with van der Waals surface area (Å²) < 4.78 is 78.1. The summed E-state index contributed by atoms with van der Waals surface area (Å²) >= 11 is 0. The lowest BCUT2D eigenvalue weighted by molar-refractivity contribution is 0.590. The predicted octanol–water partition coefficient (Wildman–Crippen LogP) is 24.1. The van der Waals surface area contributed by atoms with E-state index in [9.17, 15) is 8.22 Å². The van der Waals surface area contributed by atoms with Crippen LogP contribution in [0.2, 0.25) is 0 Å². The van der Waals surface area contributed by atoms with Gasteiger partial charge in [-0.05, 0) is 187 Å². The third-order valence-corrected chi connectivity index (χ3v) is 28.2. The van der Waals surface area contributed by atoms with Crippen LogP contribution in [0.25, 0.3) is 94.3 Å². The quantitative estimate of drug-likeness (QED) is 0.0842. The van der Waals surface area contributed by atoms with E-state index >= 15 is 0 Å². The molecule has 0 aliphatic carbocycles. The second-order valence-electron chi connectivity index (χ2n) is 33.4. The maximum Gasteiger partial charge on any atom is 0.252 e. The van der Waals surface area contributed by atoms with Crippen LogP contribution in [0.5, 0.6) is 0 Å². The zero-order chi connectivity index (χ0) is 83.9. The number of nitrogens with zero attached hydrogens (tertiary/aromatic N) is 3. The number of hydrogen-bond donors (Lipinski definition) is 0. The molecule has 2 aliphatic heterocycles. The minimum atomic E-state index is -2.98. The van der Waals surface area contributed by atoms with Crippen molar-refractivity contribution in [2.45, 2.75) is 78.6 Å². The molecule has 2 aliphatic rings. The number of rotatable bonds is 13. The standard InChI is InChI=1S/C108H90BN3Si/c1-106(2,3)81-66-91(75-38-19-11-20-39-75)104(92(67-81)76-40-21-12-22-41-76)112-100-72-84(110-97-54-33-31-52-89(97)90-53-32-34-55-98(90)110)59-62-95(100)109-96-65-79(74-56-60-88(61-57-74)113(85-46-25-14-26-47-85,86-48-27-15-28-49-86)87-50-29-16-30-51-87)58-63-99(96)111(101-70-83(108(7,8)9)71-102(112)103(101)109)105-93(77-42-23-13-24-43-77)68-82(107(4,5)6)69-94(105)80-45-35-44-78(64-80)73-36-17-10-18-37-73/h10-72H,1-9H3/i31D,32D,33D,34D,52D,53D,54D,55D. The zero-order valence-corrected chi connectivity index (χ0v) is 66.2. The highest BCUT2D eigenvalue weighted by Crippen LogP contribution is 2.56. The molecule has 3 heterocycles. The Morgan fingerprint density at radius 2 is 0.628 bits per heavy atom. The average Bonchev–Trinajstić information content (AvgIpc) is 1.44. The van der Waals surface area contributed by atoms with Gasteiger partial charge in [0, 0.05) is 61.5 Å². The molecule has 0 saturated carbocycles. The fraction of sp³-hybridized carbons (Fsp3) is 0.111. The first-order chi connectivity index (χ1) is 58.3. The Bertz CT molecular complexity index is 6730. The van der Waals surface area contributed by atoms with Crippen molar-refractivity contribution < 1.29 is 11.0 Å². The van der Waals surface area contributed by atoms with Crippen LogP contribution in [0, 0.1) is 0 Å². The number of aromatic nitrogens is 1. The first-order valence-electron chi connectivity index (χ1n) is 43.3. The Balaban J connectivity index is 0.986. The summed E-state index contributed by atoms with van der Waals surface area (Å²) in [6, 6.07) is 119. The number of hydrogen-bond acceptors (Lipinski definition) is 2. The lowest BCUT2D eigenvalue weighted by atomic mass is 9.33. The number of para-hydroxylation sites is 2. The molecule has 0 atom stereocenters. The van der Waals surface area contributed by atoms with E-state index in [1.807, 2.05) is 6.07 Å². The van der Waals surface area contributed by atoms with E-state index in [2.05, 4.69) is 400 Å². The topological polar surface area (TPSA) is 11.4 Å². The van der Waals surface area contributed by atoms with Crippen molar-refractivity contribution in [2.75, 3.05) is 9.80 Å². The van der Waals surface area contributed by atoms with Gasteiger partial charge in [0.2, 0.25) is 0 Å². The summed E-state index contributed by atoms with van der Waals surface area (Å²) in [5, 5.41) is 5.12. The minimum Gasteiger partial charge on any atom is -0.310 e. The van der Waals surface area contributed by atoms with Gasteiger partial charge in [0.15, 0.2) is 8.07 Å². The summed E-state index contributed by atoms with van der Waals surface area (Å²) in [7, 11) is -2.98. The smallest absolute Gasteiger partial charge is 0.252 e. The molecule has 0 unspecified atom stereocenters. The van der Waals surface area contributed by atoms with E-state index in [1.54, 1.807) is 4.57 Å². The molecular formula is C108H90BN3Si. The third kappa shape index (κ3) is 12.2. The molecule has 5 heteroatoms. The highest BCUT2D eigenvalue weighted by atomic mass is 28.3. The molecule has 113 heavy (non-hydrogen) atoms. The van der Waals surface area contributed by atoms with Crippen molar-refractivity contribution in [3.05, 3.63) is 399 Å². The second kappa shape index (κ2) is 27.9. The Morgan fingerprint density at radius 1 is 0.274 bits per heavy atom. The first kappa shape index (κ1) is 61.9. The molecule has 3 nitrogen and oxygen atoms in total. The second-order valence-corrected chi connectivity index (χ2v) is 37.2. The van der Waals surface area contributed by atoms with Gasteiger partial charge in [-0.1, -0.05) is 372 Å². The van der Waals surface area contributed by atoms with Crippen LogP contribution in [0.3, 0.4) is 0 Å². The molecule has 0 fully saturated rings. The van der Waals surface area contributed by atoms with Gasteiger partial charge in [0.25, 0.3) is 6.71 Å². The van der Waals surface area contributed by atoms with Gasteiger partial charge < -0.3 is 14.4 Å².